The van der Waals surface area contributed by atoms with E-state index in [9.17, 15) is 28.8 Å². The molecule has 0 unspecified atom stereocenters. The third-order valence-corrected chi connectivity index (χ3v) is 18.7. The summed E-state index contributed by atoms with van der Waals surface area (Å²) in [4.78, 5) is 0.143. The van der Waals surface area contributed by atoms with Gasteiger partial charge in [-0.25, -0.2) is 8.42 Å². The molecule has 0 heterocycles. The smallest absolute Gasteiger partial charge is 0.369 e. The number of aromatic hydroxyl groups is 4. The largest absolute Gasteiger partial charge is 0.508 e. The van der Waals surface area contributed by atoms with Crippen molar-refractivity contribution in [2.75, 3.05) is 62.0 Å². The molecule has 0 saturated carbocycles. The van der Waals surface area contributed by atoms with Crippen molar-refractivity contribution in [2.24, 2.45) is 0 Å². The van der Waals surface area contributed by atoms with Gasteiger partial charge in [0.1, 0.15) is 46.0 Å². The SMILES string of the molecule is BrB(Br)Br.COCCOCCO.COc1cc(CC2(Cc3cc(OC)cc(OC)c3)c3cc(Br)ccc3-c3ccc(Br)cc32)cc(OC)c1.Cc1ccc(S(=O)(=O)Cl)cc1.Oc1cc(O)cc(CC2(Cc3cc(O)cc(O)c3)c3cc(Br)ccc3-c3ccc(Br)cc32)c1. The molecule has 0 amide bonds. The van der Waals surface area contributed by atoms with E-state index in [-0.39, 0.29) is 43.1 Å². The summed E-state index contributed by atoms with van der Waals surface area (Å²) in [5.74, 6) is 3.08. The first-order valence-electron chi connectivity index (χ1n) is 28.6. The van der Waals surface area contributed by atoms with Crippen LogP contribution in [0.2, 0.25) is 0 Å². The van der Waals surface area contributed by atoms with E-state index in [0.29, 0.717) is 32.7 Å². The molecule has 0 aliphatic heterocycles. The third-order valence-electron chi connectivity index (χ3n) is 15.3. The van der Waals surface area contributed by atoms with Crippen molar-refractivity contribution in [3.8, 4) is 68.2 Å². The number of ether oxygens (including phenoxy) is 6. The van der Waals surface area contributed by atoms with Gasteiger partial charge in [-0.15, -0.1) is 47.3 Å². The minimum atomic E-state index is -3.55. The second kappa shape index (κ2) is 34.7. The molecule has 0 bridgehead atoms. The Morgan fingerprint density at radius 2 is 0.710 bits per heavy atom. The Morgan fingerprint density at radius 3 is 0.968 bits per heavy atom. The number of fused-ring (bicyclic) bond motifs is 6. The van der Waals surface area contributed by atoms with Crippen LogP contribution in [0.5, 0.6) is 46.0 Å². The Bertz CT molecular complexity index is 3830. The zero-order valence-electron chi connectivity index (χ0n) is 51.3. The molecule has 0 spiro atoms. The maximum Gasteiger partial charge on any atom is 0.369 e. The molecule has 0 fully saturated rings. The predicted molar refractivity (Wildman–Crippen MR) is 396 cm³/mol. The van der Waals surface area contributed by atoms with Crippen LogP contribution in [0, 0.1) is 6.92 Å². The summed E-state index contributed by atoms with van der Waals surface area (Å²) in [5, 5.41) is 48.8. The van der Waals surface area contributed by atoms with Crippen LogP contribution in [-0.4, -0.2) is 99.1 Å². The van der Waals surface area contributed by atoms with Crippen LogP contribution in [0.4, 0.5) is 0 Å². The molecule has 23 heteroatoms. The van der Waals surface area contributed by atoms with E-state index < -0.39 is 14.5 Å². The van der Waals surface area contributed by atoms with Crippen LogP contribution in [0.3, 0.4) is 0 Å². The lowest BCUT2D eigenvalue weighted by atomic mass is 9.69. The fourth-order valence-corrected chi connectivity index (χ4v) is 13.8. The van der Waals surface area contributed by atoms with Crippen LogP contribution in [0.1, 0.15) is 50.1 Å². The maximum atomic E-state index is 10.7. The molecule has 13 nitrogen and oxygen atoms in total. The molecule has 2 aliphatic rings. The van der Waals surface area contributed by atoms with Crippen LogP contribution >= 0.6 is 122 Å². The fourth-order valence-electron chi connectivity index (χ4n) is 11.6. The molecule has 9 aromatic carbocycles. The Kier molecular flexibility index (Phi) is 28.1. The van der Waals surface area contributed by atoms with Gasteiger partial charge in [0.05, 0.1) is 59.8 Å². The maximum absolute atomic E-state index is 10.7. The molecule has 0 radical (unpaired) electrons. The van der Waals surface area contributed by atoms with Crippen LogP contribution in [-0.2, 0) is 55.0 Å². The van der Waals surface area contributed by atoms with Gasteiger partial charge in [-0.3, -0.25) is 0 Å². The number of phenolic OH excluding ortho intramolecular Hbond substituents is 4. The molecular formula is C70H67BBr7ClO13S. The number of rotatable bonds is 18. The average Bonchev–Trinajstić information content (AvgIpc) is 1.58. The van der Waals surface area contributed by atoms with Crippen LogP contribution in [0.15, 0.2) is 193 Å². The van der Waals surface area contributed by atoms with Gasteiger partial charge < -0.3 is 54.0 Å². The summed E-state index contributed by atoms with van der Waals surface area (Å²) in [7, 11) is 9.89. The summed E-state index contributed by atoms with van der Waals surface area (Å²) < 4.78 is 57.7. The first-order valence-corrected chi connectivity index (χ1v) is 36.8. The number of phenols is 4. The molecule has 11 rings (SSSR count). The molecule has 2 aliphatic carbocycles. The monoisotopic (exact) mass is 1750 g/mol. The van der Waals surface area contributed by atoms with Gasteiger partial charge in [-0.1, -0.05) is 106 Å². The molecule has 490 valence electrons. The minimum Gasteiger partial charge on any atom is -0.508 e. The normalized spacial score (nSPS) is 12.5. The first kappa shape index (κ1) is 75.3. The predicted octanol–water partition coefficient (Wildman–Crippen LogP) is 18.5. The lowest BCUT2D eigenvalue weighted by molar-refractivity contribution is 0.0500. The van der Waals surface area contributed by atoms with Gasteiger partial charge in [-0.05, 0) is 209 Å². The molecule has 5 N–H and O–H groups in total. The number of aliphatic hydroxyl groups is 1. The van der Waals surface area contributed by atoms with Gasteiger partial charge in [0, 0.05) is 70.8 Å². The van der Waals surface area contributed by atoms with Crippen molar-refractivity contribution in [1.29, 1.82) is 0 Å². The Hall–Kier alpha value is -5.08. The second-order valence-electron chi connectivity index (χ2n) is 21.6. The van der Waals surface area contributed by atoms with E-state index in [2.05, 4.69) is 201 Å². The number of methoxy groups -OCH3 is 5. The lowest BCUT2D eigenvalue weighted by Gasteiger charge is -2.33. The van der Waals surface area contributed by atoms with Crippen molar-refractivity contribution in [3.63, 3.8) is 0 Å². The van der Waals surface area contributed by atoms with Gasteiger partial charge in [-0.2, -0.15) is 0 Å². The number of hydrogen-bond donors (Lipinski definition) is 5. The third kappa shape index (κ3) is 20.3. The van der Waals surface area contributed by atoms with Gasteiger partial charge in [0.25, 0.3) is 9.05 Å². The first-order chi connectivity index (χ1) is 44.3. The van der Waals surface area contributed by atoms with E-state index in [1.807, 2.05) is 31.2 Å². The number of aryl methyl sites for hydroxylation is 1. The summed E-state index contributed by atoms with van der Waals surface area (Å²) in [5.41, 5.74) is 13.3. The zero-order chi connectivity index (χ0) is 67.8. The molecular weight excluding hydrogens is 1690 g/mol. The number of benzene rings is 9. The van der Waals surface area contributed by atoms with E-state index in [0.717, 1.165) is 104 Å². The van der Waals surface area contributed by atoms with Crippen molar-refractivity contribution in [2.45, 2.75) is 48.3 Å². The van der Waals surface area contributed by atoms with Gasteiger partial charge >= 0.3 is 3.18 Å². The van der Waals surface area contributed by atoms with Gasteiger partial charge in [0.2, 0.25) is 0 Å². The van der Waals surface area contributed by atoms with Crippen molar-refractivity contribution in [1.82, 2.24) is 0 Å². The second-order valence-corrected chi connectivity index (χ2v) is 34.3. The highest BCUT2D eigenvalue weighted by atomic mass is 79.9. The van der Waals surface area contributed by atoms with Crippen molar-refractivity contribution >= 4 is 134 Å². The van der Waals surface area contributed by atoms with Gasteiger partial charge in [0.15, 0.2) is 0 Å². The number of aliphatic hydroxyl groups excluding tert-OH is 1. The summed E-state index contributed by atoms with van der Waals surface area (Å²) >= 11 is 24.1. The number of hydrogen-bond acceptors (Lipinski definition) is 13. The van der Waals surface area contributed by atoms with Crippen molar-refractivity contribution < 1.29 is 62.4 Å². The Labute approximate surface area is 606 Å². The van der Waals surface area contributed by atoms with E-state index in [1.54, 1.807) is 71.9 Å². The topological polar surface area (TPSA) is 191 Å². The highest BCUT2D eigenvalue weighted by Gasteiger charge is 2.46. The average molecular weight is 1750 g/mol. The van der Waals surface area contributed by atoms with E-state index in [4.69, 9.17) is 39.5 Å². The van der Waals surface area contributed by atoms with E-state index >= 15 is 0 Å². The molecule has 93 heavy (non-hydrogen) atoms. The standard InChI is InChI=1S/C31H28Br2O4.C27H20Br2O4.C7H7ClO2S.C5H12O3.BBr3/c1-34-23-9-19(10-24(15-23)35-2)17-31(18-20-11-25(36-3)16-26(12-20)37-4)29-13-21(32)5-7-27(29)28-8-6-22(33)14-30(28)31;28-17-1-3-23-24-4-2-18(29)10-26(24)27(25(23)9-17,13-15-5-19(30)11-20(31)6-15)14-16-7-21(32)12-22(33)8-16;1-6-2-4-7(5-3-6)11(8,9)10;1-7-4-5-8-3-2-6;2-1(3)4/h5-16H,17-18H2,1-4H3;1-12,30-33H,13-14H2;2-5H,1H3;6H,2-5H2,1H3;. The molecule has 9 aromatic rings. The zero-order valence-corrected chi connectivity index (χ0v) is 64.0. The van der Waals surface area contributed by atoms with Crippen molar-refractivity contribution in [3.05, 3.63) is 238 Å². The highest BCUT2D eigenvalue weighted by molar-refractivity contribution is 9.69. The van der Waals surface area contributed by atoms with Crippen LogP contribution in [0.25, 0.3) is 22.3 Å². The van der Waals surface area contributed by atoms with Crippen LogP contribution < -0.4 is 18.9 Å². The quantitative estimate of drug-likeness (QED) is 0.0310. The molecule has 0 atom stereocenters. The van der Waals surface area contributed by atoms with E-state index in [1.165, 1.54) is 46.5 Å². The molecule has 0 saturated heterocycles. The fraction of sp³-hybridized carbons (Fsp3) is 0.229. The summed E-state index contributed by atoms with van der Waals surface area (Å²) in [6, 6.07) is 53.5. The Morgan fingerprint density at radius 1 is 0.419 bits per heavy atom. The summed E-state index contributed by atoms with van der Waals surface area (Å²) in [6.07, 6.45) is 2.45. The Balaban J connectivity index is 0.000000198. The number of halogens is 8. The lowest BCUT2D eigenvalue weighted by Crippen LogP contribution is -2.31. The molecule has 0 aromatic heterocycles. The highest BCUT2D eigenvalue weighted by Crippen LogP contribution is 2.56. The minimum absolute atomic E-state index is 0.00271. The summed E-state index contributed by atoms with van der Waals surface area (Å²) in [6.45, 7) is 3.54.